The molecule has 122 valence electrons. The summed E-state index contributed by atoms with van der Waals surface area (Å²) in [6.45, 7) is 2.90. The smallest absolute Gasteiger partial charge is 0.287 e. The summed E-state index contributed by atoms with van der Waals surface area (Å²) in [4.78, 5) is 30.9. The van der Waals surface area contributed by atoms with Crippen LogP contribution in [0, 0.1) is 0 Å². The molecule has 1 N–H and O–H groups in total. The number of rotatable bonds is 3. The monoisotopic (exact) mass is 324 g/mol. The molecule has 1 aliphatic heterocycles. The molecule has 1 atom stereocenters. The van der Waals surface area contributed by atoms with Crippen molar-refractivity contribution in [1.82, 2.24) is 14.9 Å². The normalized spacial score (nSPS) is 14.6. The van der Waals surface area contributed by atoms with Gasteiger partial charge in [0.15, 0.2) is 5.76 Å². The van der Waals surface area contributed by atoms with Gasteiger partial charge >= 0.3 is 0 Å². The Balaban J connectivity index is 1.55. The molecule has 0 saturated heterocycles. The molecule has 3 aromatic rings. The number of para-hydroxylation sites is 2. The highest BCUT2D eigenvalue weighted by molar-refractivity contribution is 6.01. The zero-order chi connectivity index (χ0) is 16.7. The zero-order valence-electron chi connectivity index (χ0n) is 13.1. The van der Waals surface area contributed by atoms with Gasteiger partial charge in [0.2, 0.25) is 5.95 Å². The Morgan fingerprint density at radius 3 is 2.83 bits per heavy atom. The van der Waals surface area contributed by atoms with E-state index in [0.717, 1.165) is 11.0 Å². The van der Waals surface area contributed by atoms with Crippen molar-refractivity contribution in [2.75, 3.05) is 11.4 Å². The van der Waals surface area contributed by atoms with E-state index in [-0.39, 0.29) is 11.7 Å². The minimum atomic E-state index is -0.672. The van der Waals surface area contributed by atoms with Gasteiger partial charge in [0.25, 0.3) is 11.8 Å². The number of aromatic nitrogens is 2. The van der Waals surface area contributed by atoms with Gasteiger partial charge in [0, 0.05) is 13.1 Å². The van der Waals surface area contributed by atoms with Crippen LogP contribution in [0.25, 0.3) is 11.0 Å². The topological polar surface area (TPSA) is 80.4 Å². The number of amides is 2. The van der Waals surface area contributed by atoms with E-state index in [1.54, 1.807) is 24.0 Å². The van der Waals surface area contributed by atoms with Gasteiger partial charge in [-0.2, -0.15) is 0 Å². The van der Waals surface area contributed by atoms with Gasteiger partial charge in [0.05, 0.1) is 17.3 Å². The lowest BCUT2D eigenvalue weighted by Crippen LogP contribution is -2.46. The van der Waals surface area contributed by atoms with Crippen molar-refractivity contribution >= 4 is 28.8 Å². The summed E-state index contributed by atoms with van der Waals surface area (Å²) in [5, 5.41) is 2.66. The van der Waals surface area contributed by atoms with Crippen LogP contribution in [0.1, 0.15) is 17.5 Å². The molecule has 4 rings (SSSR count). The zero-order valence-corrected chi connectivity index (χ0v) is 13.1. The summed E-state index contributed by atoms with van der Waals surface area (Å²) in [6, 6.07) is 10.3. The third-order valence-electron chi connectivity index (χ3n) is 4.15. The van der Waals surface area contributed by atoms with Crippen LogP contribution in [-0.4, -0.2) is 34.0 Å². The molecular formula is C17H16N4O3. The summed E-state index contributed by atoms with van der Waals surface area (Å²) in [7, 11) is 0. The Hall–Kier alpha value is -3.09. The first-order valence-corrected chi connectivity index (χ1v) is 7.76. The molecule has 3 heterocycles. The fourth-order valence-corrected chi connectivity index (χ4v) is 2.97. The molecule has 24 heavy (non-hydrogen) atoms. The lowest BCUT2D eigenvalue weighted by atomic mass is 10.2. The fraction of sp³-hybridized carbons (Fsp3) is 0.235. The van der Waals surface area contributed by atoms with E-state index in [1.807, 2.05) is 28.8 Å². The Morgan fingerprint density at radius 1 is 1.21 bits per heavy atom. The number of furan rings is 1. The van der Waals surface area contributed by atoms with Crippen LogP contribution in [0.2, 0.25) is 0 Å². The third-order valence-corrected chi connectivity index (χ3v) is 4.15. The first kappa shape index (κ1) is 14.5. The Labute approximate surface area is 137 Å². The minimum Gasteiger partial charge on any atom is -0.459 e. The molecule has 7 heteroatoms. The minimum absolute atomic E-state index is 0.184. The largest absolute Gasteiger partial charge is 0.459 e. The van der Waals surface area contributed by atoms with Crippen LogP contribution in [0.15, 0.2) is 47.1 Å². The van der Waals surface area contributed by atoms with Gasteiger partial charge in [-0.15, -0.1) is 0 Å². The molecule has 2 amide bonds. The van der Waals surface area contributed by atoms with Crippen molar-refractivity contribution in [2.24, 2.45) is 0 Å². The fourth-order valence-electron chi connectivity index (χ4n) is 2.97. The van der Waals surface area contributed by atoms with Crippen molar-refractivity contribution in [2.45, 2.75) is 19.5 Å². The van der Waals surface area contributed by atoms with Gasteiger partial charge in [-0.1, -0.05) is 12.1 Å². The second-order valence-corrected chi connectivity index (χ2v) is 5.71. The molecular weight excluding hydrogens is 308 g/mol. The number of anilines is 1. The predicted molar refractivity (Wildman–Crippen MR) is 87.7 cm³/mol. The molecule has 0 bridgehead atoms. The first-order chi connectivity index (χ1) is 11.6. The predicted octanol–water partition coefficient (Wildman–Crippen LogP) is 1.79. The second kappa shape index (κ2) is 5.52. The first-order valence-electron chi connectivity index (χ1n) is 7.76. The average Bonchev–Trinajstić information content (AvgIpc) is 3.30. The van der Waals surface area contributed by atoms with Crippen molar-refractivity contribution in [3.63, 3.8) is 0 Å². The summed E-state index contributed by atoms with van der Waals surface area (Å²) < 4.78 is 7.07. The van der Waals surface area contributed by atoms with E-state index in [0.29, 0.717) is 19.0 Å². The molecule has 0 radical (unpaired) electrons. The molecule has 0 saturated carbocycles. The van der Waals surface area contributed by atoms with Crippen LogP contribution in [0.5, 0.6) is 0 Å². The average molecular weight is 324 g/mol. The van der Waals surface area contributed by atoms with Crippen LogP contribution in [0.4, 0.5) is 5.95 Å². The van der Waals surface area contributed by atoms with Gasteiger partial charge in [-0.25, -0.2) is 4.98 Å². The summed E-state index contributed by atoms with van der Waals surface area (Å²) in [5.74, 6) is 0.209. The Kier molecular flexibility index (Phi) is 3.34. The maximum absolute atomic E-state index is 12.7. The quantitative estimate of drug-likeness (QED) is 0.796. The standard InChI is InChI=1S/C17H16N4O3/c1-11(18-15(22)14-7-4-10-24-14)16(23)21-9-8-20-13-6-3-2-5-12(13)19-17(20)21/h2-7,10-11H,8-9H2,1H3,(H,18,22). The molecule has 1 aromatic carbocycles. The molecule has 1 unspecified atom stereocenters. The van der Waals surface area contributed by atoms with Gasteiger partial charge in [0.1, 0.15) is 6.04 Å². The number of hydrogen-bond acceptors (Lipinski definition) is 4. The molecule has 2 aromatic heterocycles. The van der Waals surface area contributed by atoms with E-state index >= 15 is 0 Å². The highest BCUT2D eigenvalue weighted by Gasteiger charge is 2.31. The summed E-state index contributed by atoms with van der Waals surface area (Å²) >= 11 is 0. The number of benzene rings is 1. The molecule has 7 nitrogen and oxygen atoms in total. The van der Waals surface area contributed by atoms with Gasteiger partial charge in [-0.05, 0) is 31.2 Å². The van der Waals surface area contributed by atoms with Crippen molar-refractivity contribution in [3.05, 3.63) is 48.4 Å². The maximum Gasteiger partial charge on any atom is 0.287 e. The summed E-state index contributed by atoms with van der Waals surface area (Å²) in [5.41, 5.74) is 1.87. The SMILES string of the molecule is CC(NC(=O)c1ccco1)C(=O)N1CCn2c1nc1ccccc12. The van der Waals surface area contributed by atoms with Crippen LogP contribution in [-0.2, 0) is 11.3 Å². The van der Waals surface area contributed by atoms with Crippen molar-refractivity contribution < 1.29 is 14.0 Å². The van der Waals surface area contributed by atoms with E-state index in [4.69, 9.17) is 4.42 Å². The molecule has 0 fully saturated rings. The Morgan fingerprint density at radius 2 is 2.04 bits per heavy atom. The van der Waals surface area contributed by atoms with Crippen LogP contribution < -0.4 is 10.2 Å². The molecule has 0 aliphatic carbocycles. The Bertz CT molecular complexity index is 913. The highest BCUT2D eigenvalue weighted by atomic mass is 16.3. The number of carbonyl (C=O) groups is 2. The van der Waals surface area contributed by atoms with Crippen LogP contribution >= 0.6 is 0 Å². The maximum atomic E-state index is 12.7. The van der Waals surface area contributed by atoms with Gasteiger partial charge in [-0.3, -0.25) is 14.5 Å². The number of imidazole rings is 1. The number of fused-ring (bicyclic) bond motifs is 3. The number of nitrogens with zero attached hydrogens (tertiary/aromatic N) is 3. The molecule has 1 aliphatic rings. The summed E-state index contributed by atoms with van der Waals surface area (Å²) in [6.07, 6.45) is 1.42. The van der Waals surface area contributed by atoms with E-state index in [2.05, 4.69) is 10.3 Å². The lowest BCUT2D eigenvalue weighted by Gasteiger charge is -2.19. The van der Waals surface area contributed by atoms with Crippen molar-refractivity contribution in [3.8, 4) is 0 Å². The third kappa shape index (κ3) is 2.25. The van der Waals surface area contributed by atoms with E-state index in [1.165, 1.54) is 6.26 Å². The van der Waals surface area contributed by atoms with E-state index in [9.17, 15) is 9.59 Å². The van der Waals surface area contributed by atoms with Gasteiger partial charge < -0.3 is 14.3 Å². The number of nitrogens with one attached hydrogen (secondary N) is 1. The highest BCUT2D eigenvalue weighted by Crippen LogP contribution is 2.27. The number of carbonyl (C=O) groups excluding carboxylic acids is 2. The lowest BCUT2D eigenvalue weighted by molar-refractivity contribution is -0.120. The van der Waals surface area contributed by atoms with E-state index < -0.39 is 11.9 Å². The number of hydrogen-bond donors (Lipinski definition) is 1. The van der Waals surface area contributed by atoms with Crippen LogP contribution in [0.3, 0.4) is 0 Å². The molecule has 0 spiro atoms. The second-order valence-electron chi connectivity index (χ2n) is 5.71. The van der Waals surface area contributed by atoms with Crippen molar-refractivity contribution in [1.29, 1.82) is 0 Å².